The summed E-state index contributed by atoms with van der Waals surface area (Å²) < 4.78 is 0. The molecule has 1 aromatic carbocycles. The molecule has 0 fully saturated rings. The number of oxime groups is 1. The largest absolute Gasteiger partial charge is 0.390 e. The first-order valence-corrected chi connectivity index (χ1v) is 7.02. The summed E-state index contributed by atoms with van der Waals surface area (Å²) in [7, 11) is 1.82. The summed E-state index contributed by atoms with van der Waals surface area (Å²) in [4.78, 5) is 19.0. The molecule has 0 saturated heterocycles. The van der Waals surface area contributed by atoms with Crippen LogP contribution in [0.4, 0.5) is 0 Å². The quantitative estimate of drug-likeness (QED) is 0.847. The second-order valence-corrected chi connectivity index (χ2v) is 5.71. The Hall–Kier alpha value is -1.84. The topological polar surface area (TPSA) is 41.9 Å². The molecule has 20 heavy (non-hydrogen) atoms. The van der Waals surface area contributed by atoms with Crippen molar-refractivity contribution in [2.24, 2.45) is 11.1 Å². The zero-order valence-corrected chi connectivity index (χ0v) is 12.6. The van der Waals surface area contributed by atoms with Crippen LogP contribution in [-0.2, 0) is 9.63 Å². The predicted molar refractivity (Wildman–Crippen MR) is 79.7 cm³/mol. The van der Waals surface area contributed by atoms with Gasteiger partial charge in [-0.05, 0) is 12.5 Å². The molecular weight excluding hydrogens is 252 g/mol. The van der Waals surface area contributed by atoms with Crippen LogP contribution in [0.2, 0.25) is 0 Å². The Bertz CT molecular complexity index is 506. The van der Waals surface area contributed by atoms with E-state index in [4.69, 9.17) is 4.84 Å². The lowest BCUT2D eigenvalue weighted by atomic mass is 10.0. The number of nitrogens with zero attached hydrogens (tertiary/aromatic N) is 2. The Morgan fingerprint density at radius 2 is 2.05 bits per heavy atom. The van der Waals surface area contributed by atoms with E-state index in [-0.39, 0.29) is 17.9 Å². The third-order valence-electron chi connectivity index (χ3n) is 3.47. The van der Waals surface area contributed by atoms with E-state index in [0.29, 0.717) is 6.54 Å². The molecule has 0 spiro atoms. The van der Waals surface area contributed by atoms with Crippen molar-refractivity contribution in [2.45, 2.75) is 33.3 Å². The molecule has 0 radical (unpaired) electrons. The minimum Gasteiger partial charge on any atom is -0.390 e. The van der Waals surface area contributed by atoms with Crippen LogP contribution in [0.25, 0.3) is 0 Å². The highest BCUT2D eigenvalue weighted by Gasteiger charge is 2.25. The number of hydrogen-bond acceptors (Lipinski definition) is 3. The summed E-state index contributed by atoms with van der Waals surface area (Å²) >= 11 is 0. The van der Waals surface area contributed by atoms with E-state index in [0.717, 1.165) is 17.7 Å². The summed E-state index contributed by atoms with van der Waals surface area (Å²) in [6.07, 6.45) is 0.706. The minimum atomic E-state index is -0.0426. The van der Waals surface area contributed by atoms with Crippen LogP contribution in [0.1, 0.15) is 31.4 Å². The summed E-state index contributed by atoms with van der Waals surface area (Å²) in [5.74, 6) is 0.149. The Morgan fingerprint density at radius 1 is 1.40 bits per heavy atom. The highest BCUT2D eigenvalue weighted by Crippen LogP contribution is 2.18. The maximum Gasteiger partial charge on any atom is 0.224 e. The maximum atomic E-state index is 11.9. The van der Waals surface area contributed by atoms with Gasteiger partial charge in [0.15, 0.2) is 6.10 Å². The third-order valence-corrected chi connectivity index (χ3v) is 3.47. The number of likely N-dealkylation sites (N-methyl/N-ethyl adjacent to an activating group) is 1. The fourth-order valence-electron chi connectivity index (χ4n) is 2.28. The second kappa shape index (κ2) is 6.07. The van der Waals surface area contributed by atoms with Crippen LogP contribution in [0.5, 0.6) is 0 Å². The van der Waals surface area contributed by atoms with Crippen molar-refractivity contribution >= 4 is 11.6 Å². The van der Waals surface area contributed by atoms with Gasteiger partial charge in [-0.25, -0.2) is 0 Å². The summed E-state index contributed by atoms with van der Waals surface area (Å²) in [6.45, 7) is 6.45. The van der Waals surface area contributed by atoms with Crippen LogP contribution >= 0.6 is 0 Å². The molecule has 1 atom stereocenters. The standard InChI is InChI=1S/C16H22N2O2/c1-11(2)16(19)18(4)10-14-9-15(17-20-14)13-7-5-12(3)6-8-13/h5-8,11,14H,9-10H2,1-4H3/t14-/m0/s1. The van der Waals surface area contributed by atoms with Gasteiger partial charge in [-0.15, -0.1) is 0 Å². The SMILES string of the molecule is Cc1ccc(C2=NO[C@H](CN(C)C(=O)C(C)C)C2)cc1. The smallest absolute Gasteiger partial charge is 0.224 e. The molecule has 2 rings (SSSR count). The molecule has 0 N–H and O–H groups in total. The van der Waals surface area contributed by atoms with Gasteiger partial charge in [0.1, 0.15) is 0 Å². The number of amides is 1. The molecule has 0 aromatic heterocycles. The maximum absolute atomic E-state index is 11.9. The van der Waals surface area contributed by atoms with Crippen LogP contribution < -0.4 is 0 Å². The lowest BCUT2D eigenvalue weighted by Gasteiger charge is -2.21. The Kier molecular flexibility index (Phi) is 4.42. The number of aryl methyl sites for hydroxylation is 1. The van der Waals surface area contributed by atoms with E-state index >= 15 is 0 Å². The molecule has 1 aliphatic heterocycles. The van der Waals surface area contributed by atoms with Crippen molar-refractivity contribution in [2.75, 3.05) is 13.6 Å². The van der Waals surface area contributed by atoms with Crippen LogP contribution in [0.15, 0.2) is 29.4 Å². The zero-order valence-electron chi connectivity index (χ0n) is 12.6. The number of rotatable bonds is 4. The normalized spacial score (nSPS) is 17.9. The molecule has 1 amide bonds. The number of benzene rings is 1. The van der Waals surface area contributed by atoms with Crippen molar-refractivity contribution in [3.8, 4) is 0 Å². The summed E-state index contributed by atoms with van der Waals surface area (Å²) in [5, 5.41) is 4.15. The van der Waals surface area contributed by atoms with Gasteiger partial charge in [0.05, 0.1) is 12.3 Å². The molecule has 4 heteroatoms. The highest BCUT2D eigenvalue weighted by molar-refractivity contribution is 6.01. The Labute approximate surface area is 120 Å². The lowest BCUT2D eigenvalue weighted by molar-refractivity contribution is -0.134. The van der Waals surface area contributed by atoms with E-state index in [9.17, 15) is 4.79 Å². The highest BCUT2D eigenvalue weighted by atomic mass is 16.6. The average Bonchev–Trinajstić information content (AvgIpc) is 2.87. The average molecular weight is 274 g/mol. The number of hydrogen-bond donors (Lipinski definition) is 0. The van der Waals surface area contributed by atoms with E-state index in [1.807, 2.05) is 20.9 Å². The van der Waals surface area contributed by atoms with Crippen molar-refractivity contribution in [1.82, 2.24) is 4.90 Å². The van der Waals surface area contributed by atoms with E-state index in [1.165, 1.54) is 5.56 Å². The minimum absolute atomic E-state index is 0.0129. The van der Waals surface area contributed by atoms with E-state index < -0.39 is 0 Å². The first-order valence-electron chi connectivity index (χ1n) is 7.02. The third kappa shape index (κ3) is 3.38. The second-order valence-electron chi connectivity index (χ2n) is 5.71. The van der Waals surface area contributed by atoms with Crippen LogP contribution in [-0.4, -0.2) is 36.2 Å². The van der Waals surface area contributed by atoms with E-state index in [1.54, 1.807) is 4.90 Å². The van der Waals surface area contributed by atoms with Gasteiger partial charge in [0.2, 0.25) is 5.91 Å². The van der Waals surface area contributed by atoms with Gasteiger partial charge in [0.25, 0.3) is 0 Å². The first-order chi connectivity index (χ1) is 9.47. The van der Waals surface area contributed by atoms with Gasteiger partial charge in [-0.2, -0.15) is 0 Å². The molecule has 0 unspecified atom stereocenters. The van der Waals surface area contributed by atoms with Crippen molar-refractivity contribution in [3.05, 3.63) is 35.4 Å². The van der Waals surface area contributed by atoms with E-state index in [2.05, 4.69) is 36.3 Å². The molecule has 108 valence electrons. The van der Waals surface area contributed by atoms with Crippen molar-refractivity contribution < 1.29 is 9.63 Å². The first kappa shape index (κ1) is 14.6. The van der Waals surface area contributed by atoms with Crippen molar-refractivity contribution in [3.63, 3.8) is 0 Å². The van der Waals surface area contributed by atoms with Crippen LogP contribution in [0.3, 0.4) is 0 Å². The molecule has 0 saturated carbocycles. The summed E-state index contributed by atoms with van der Waals surface area (Å²) in [5.41, 5.74) is 3.28. The monoisotopic (exact) mass is 274 g/mol. The van der Waals surface area contributed by atoms with Gasteiger partial charge >= 0.3 is 0 Å². The molecular formula is C16H22N2O2. The molecule has 4 nitrogen and oxygen atoms in total. The molecule has 0 aliphatic carbocycles. The molecule has 1 aromatic rings. The Morgan fingerprint density at radius 3 is 2.65 bits per heavy atom. The fourth-order valence-corrected chi connectivity index (χ4v) is 2.28. The lowest BCUT2D eigenvalue weighted by Crippen LogP contribution is -2.36. The van der Waals surface area contributed by atoms with Gasteiger partial charge in [-0.1, -0.05) is 48.8 Å². The van der Waals surface area contributed by atoms with Gasteiger partial charge in [0, 0.05) is 19.4 Å². The predicted octanol–water partition coefficient (Wildman–Crippen LogP) is 2.60. The molecule has 1 heterocycles. The number of carbonyl (C=O) groups is 1. The summed E-state index contributed by atoms with van der Waals surface area (Å²) in [6, 6.07) is 8.25. The molecule has 1 aliphatic rings. The molecule has 0 bridgehead atoms. The fraction of sp³-hybridized carbons (Fsp3) is 0.500. The van der Waals surface area contributed by atoms with Crippen molar-refractivity contribution in [1.29, 1.82) is 0 Å². The zero-order chi connectivity index (χ0) is 14.7. The van der Waals surface area contributed by atoms with Gasteiger partial charge < -0.3 is 9.74 Å². The Balaban J connectivity index is 1.91. The van der Waals surface area contributed by atoms with Crippen LogP contribution in [0, 0.1) is 12.8 Å². The van der Waals surface area contributed by atoms with Gasteiger partial charge in [-0.3, -0.25) is 4.79 Å². The number of carbonyl (C=O) groups excluding carboxylic acids is 1.